The van der Waals surface area contributed by atoms with E-state index in [9.17, 15) is 19.2 Å². The molecule has 3 amide bonds. The Morgan fingerprint density at radius 1 is 1.00 bits per heavy atom. The van der Waals surface area contributed by atoms with Crippen LogP contribution in [-0.4, -0.2) is 89.6 Å². The van der Waals surface area contributed by atoms with Crippen LogP contribution in [0.5, 0.6) is 0 Å². The topological polar surface area (TPSA) is 96.5 Å². The van der Waals surface area contributed by atoms with E-state index in [0.29, 0.717) is 62.4 Å². The van der Waals surface area contributed by atoms with Gasteiger partial charge in [0.05, 0.1) is 24.0 Å². The van der Waals surface area contributed by atoms with Crippen LogP contribution in [0.1, 0.15) is 52.6 Å². The smallest absolute Gasteiger partial charge is 0.310 e. The predicted molar refractivity (Wildman–Crippen MR) is 140 cm³/mol. The number of benzene rings is 1. The molecule has 0 saturated carbocycles. The van der Waals surface area contributed by atoms with Gasteiger partial charge < -0.3 is 19.3 Å². The van der Waals surface area contributed by atoms with Gasteiger partial charge in [0.1, 0.15) is 11.8 Å². The Morgan fingerprint density at radius 3 is 2.45 bits per heavy atom. The summed E-state index contributed by atoms with van der Waals surface area (Å²) in [5.74, 6) is -1.16. The summed E-state index contributed by atoms with van der Waals surface area (Å²) in [7, 11) is 0. The van der Waals surface area contributed by atoms with Crippen LogP contribution in [0.2, 0.25) is 0 Å². The van der Waals surface area contributed by atoms with E-state index < -0.39 is 11.8 Å². The van der Waals surface area contributed by atoms with Gasteiger partial charge in [-0.1, -0.05) is 24.3 Å². The number of hydrogen-bond acceptors (Lipinski definition) is 7. The lowest BCUT2D eigenvalue weighted by atomic mass is 9.95. The molecule has 1 aromatic carbocycles. The van der Waals surface area contributed by atoms with E-state index in [1.165, 1.54) is 11.3 Å². The highest BCUT2D eigenvalue weighted by Gasteiger charge is 2.55. The SMILES string of the molecule is CCOC(=O)[C@H]1CCCN(C(=O)[C@@H]2COC3(CCN(C(=O)c4cccs4)CC3)N2C(=O)c2ccccc2)C1. The summed E-state index contributed by atoms with van der Waals surface area (Å²) in [5.41, 5.74) is -0.495. The number of esters is 1. The van der Waals surface area contributed by atoms with Crippen molar-refractivity contribution >= 4 is 35.0 Å². The molecule has 202 valence electrons. The van der Waals surface area contributed by atoms with Crippen molar-refractivity contribution in [2.75, 3.05) is 39.4 Å². The molecule has 10 heteroatoms. The number of carbonyl (C=O) groups excluding carboxylic acids is 4. The number of piperidine rings is 2. The van der Waals surface area contributed by atoms with E-state index in [1.54, 1.807) is 45.9 Å². The highest BCUT2D eigenvalue weighted by Crippen LogP contribution is 2.39. The average molecular weight is 540 g/mol. The zero-order valence-corrected chi connectivity index (χ0v) is 22.4. The Morgan fingerprint density at radius 2 is 1.76 bits per heavy atom. The van der Waals surface area contributed by atoms with Gasteiger partial charge in [-0.05, 0) is 43.3 Å². The molecule has 5 rings (SSSR count). The second-order valence-corrected chi connectivity index (χ2v) is 10.9. The van der Waals surface area contributed by atoms with Gasteiger partial charge in [0.25, 0.3) is 11.8 Å². The van der Waals surface area contributed by atoms with E-state index in [1.807, 2.05) is 23.6 Å². The van der Waals surface area contributed by atoms with Crippen molar-refractivity contribution in [1.29, 1.82) is 0 Å². The van der Waals surface area contributed by atoms with E-state index in [2.05, 4.69) is 0 Å². The van der Waals surface area contributed by atoms with Crippen LogP contribution in [0.15, 0.2) is 47.8 Å². The largest absolute Gasteiger partial charge is 0.466 e. The Bertz CT molecular complexity index is 1160. The third kappa shape index (κ3) is 5.07. The second-order valence-electron chi connectivity index (χ2n) is 9.96. The quantitative estimate of drug-likeness (QED) is 0.542. The number of rotatable bonds is 5. The number of hydrogen-bond donors (Lipinski definition) is 0. The monoisotopic (exact) mass is 539 g/mol. The summed E-state index contributed by atoms with van der Waals surface area (Å²) in [5, 5.41) is 1.88. The van der Waals surface area contributed by atoms with Gasteiger partial charge in [0.15, 0.2) is 0 Å². The zero-order valence-electron chi connectivity index (χ0n) is 21.5. The van der Waals surface area contributed by atoms with E-state index >= 15 is 0 Å². The van der Waals surface area contributed by atoms with Crippen LogP contribution in [0.3, 0.4) is 0 Å². The maximum Gasteiger partial charge on any atom is 0.310 e. The molecule has 2 aromatic rings. The lowest BCUT2D eigenvalue weighted by molar-refractivity contribution is -0.152. The normalized spacial score (nSPS) is 22.9. The van der Waals surface area contributed by atoms with E-state index in [0.717, 1.165) is 0 Å². The van der Waals surface area contributed by atoms with Gasteiger partial charge in [0.2, 0.25) is 5.91 Å². The molecule has 0 radical (unpaired) electrons. The molecule has 1 spiro atoms. The Labute approximate surface area is 226 Å². The minimum atomic E-state index is -0.976. The van der Waals surface area contributed by atoms with Gasteiger partial charge in [-0.3, -0.25) is 24.1 Å². The molecule has 0 aliphatic carbocycles. The third-order valence-electron chi connectivity index (χ3n) is 7.70. The first-order valence-electron chi connectivity index (χ1n) is 13.2. The van der Waals surface area contributed by atoms with Crippen molar-refractivity contribution in [1.82, 2.24) is 14.7 Å². The van der Waals surface area contributed by atoms with E-state index in [-0.39, 0.29) is 42.8 Å². The lowest BCUT2D eigenvalue weighted by Gasteiger charge is -2.45. The van der Waals surface area contributed by atoms with Crippen LogP contribution >= 0.6 is 11.3 Å². The van der Waals surface area contributed by atoms with Crippen LogP contribution in [0.25, 0.3) is 0 Å². The average Bonchev–Trinajstić information content (AvgIpc) is 3.62. The van der Waals surface area contributed by atoms with Gasteiger partial charge in [-0.15, -0.1) is 11.3 Å². The lowest BCUT2D eigenvalue weighted by Crippen LogP contribution is -2.60. The summed E-state index contributed by atoms with van der Waals surface area (Å²) < 4.78 is 11.5. The summed E-state index contributed by atoms with van der Waals surface area (Å²) >= 11 is 1.41. The number of amides is 3. The molecule has 4 heterocycles. The van der Waals surface area contributed by atoms with Crippen molar-refractivity contribution in [2.45, 2.75) is 44.4 Å². The van der Waals surface area contributed by atoms with Gasteiger partial charge >= 0.3 is 5.97 Å². The molecule has 9 nitrogen and oxygen atoms in total. The zero-order chi connectivity index (χ0) is 26.7. The van der Waals surface area contributed by atoms with Crippen LogP contribution in [0.4, 0.5) is 0 Å². The van der Waals surface area contributed by atoms with Crippen LogP contribution < -0.4 is 0 Å². The number of likely N-dealkylation sites (tertiary alicyclic amines) is 2. The van der Waals surface area contributed by atoms with Crippen molar-refractivity contribution in [3.8, 4) is 0 Å². The molecule has 0 bridgehead atoms. The third-order valence-corrected chi connectivity index (χ3v) is 8.56. The molecule has 38 heavy (non-hydrogen) atoms. The number of carbonyl (C=O) groups is 4. The molecule has 0 N–H and O–H groups in total. The van der Waals surface area contributed by atoms with E-state index in [4.69, 9.17) is 9.47 Å². The second kappa shape index (κ2) is 11.2. The maximum atomic E-state index is 13.9. The molecule has 0 unspecified atom stereocenters. The Hall–Kier alpha value is -3.24. The summed E-state index contributed by atoms with van der Waals surface area (Å²) in [6, 6.07) is 11.8. The predicted octanol–water partition coefficient (Wildman–Crippen LogP) is 3.02. The Balaban J connectivity index is 1.37. The Kier molecular flexibility index (Phi) is 7.80. The first-order valence-corrected chi connectivity index (χ1v) is 14.1. The molecule has 3 aliphatic heterocycles. The first-order chi connectivity index (χ1) is 18.4. The summed E-state index contributed by atoms with van der Waals surface area (Å²) in [4.78, 5) is 58.8. The van der Waals surface area contributed by atoms with Crippen molar-refractivity contribution < 1.29 is 28.7 Å². The summed E-state index contributed by atoms with van der Waals surface area (Å²) in [6.07, 6.45) is 2.20. The molecular formula is C28H33N3O6S. The minimum Gasteiger partial charge on any atom is -0.466 e. The fraction of sp³-hybridized carbons (Fsp3) is 0.500. The number of nitrogens with zero attached hydrogens (tertiary/aromatic N) is 3. The molecule has 3 aliphatic rings. The molecule has 3 fully saturated rings. The number of thiophene rings is 1. The minimum absolute atomic E-state index is 0.0280. The highest BCUT2D eigenvalue weighted by molar-refractivity contribution is 7.12. The highest BCUT2D eigenvalue weighted by atomic mass is 32.1. The fourth-order valence-electron chi connectivity index (χ4n) is 5.73. The van der Waals surface area contributed by atoms with Crippen LogP contribution in [-0.2, 0) is 19.1 Å². The van der Waals surface area contributed by atoms with Gasteiger partial charge in [0, 0.05) is 44.6 Å². The maximum absolute atomic E-state index is 13.9. The molecular weight excluding hydrogens is 506 g/mol. The molecule has 2 atom stereocenters. The molecule has 1 aromatic heterocycles. The standard InChI is InChI=1S/C28H33N3O6S/c1-2-36-27(35)21-10-6-14-30(18-21)25(33)22-19-37-28(31(22)24(32)20-8-4-3-5-9-20)12-15-29(16-13-28)26(34)23-11-7-17-38-23/h3-5,7-9,11,17,21-22H,2,6,10,12-16,18-19H2,1H3/t21-,22-/m0/s1. The van der Waals surface area contributed by atoms with Crippen molar-refractivity contribution in [2.24, 2.45) is 5.92 Å². The fourth-order valence-corrected chi connectivity index (χ4v) is 6.42. The first kappa shape index (κ1) is 26.4. The summed E-state index contributed by atoms with van der Waals surface area (Å²) in [6.45, 7) is 3.79. The molecule has 3 saturated heterocycles. The van der Waals surface area contributed by atoms with Crippen molar-refractivity contribution in [3.05, 3.63) is 58.3 Å². The number of ether oxygens (including phenoxy) is 2. The van der Waals surface area contributed by atoms with Crippen LogP contribution in [0, 0.1) is 5.92 Å². The van der Waals surface area contributed by atoms with Crippen molar-refractivity contribution in [3.63, 3.8) is 0 Å². The van der Waals surface area contributed by atoms with Gasteiger partial charge in [-0.2, -0.15) is 0 Å². The van der Waals surface area contributed by atoms with Gasteiger partial charge in [-0.25, -0.2) is 0 Å².